The van der Waals surface area contributed by atoms with Gasteiger partial charge in [-0.1, -0.05) is 88.2 Å². The molecular weight excluding hydrogens is 408 g/mol. The van der Waals surface area contributed by atoms with E-state index in [0.29, 0.717) is 0 Å². The van der Waals surface area contributed by atoms with Crippen LogP contribution < -0.4 is 0 Å². The lowest BCUT2D eigenvalue weighted by Crippen LogP contribution is -1.96. The fourth-order valence-electron chi connectivity index (χ4n) is 3.52. The minimum absolute atomic E-state index is 0.743. The van der Waals surface area contributed by atoms with Crippen molar-refractivity contribution in [3.8, 4) is 22.6 Å². The molecule has 0 unspecified atom stereocenters. The number of aryl methyl sites for hydroxylation is 1. The highest BCUT2D eigenvalue weighted by molar-refractivity contribution is 9.10. The van der Waals surface area contributed by atoms with E-state index in [9.17, 15) is 0 Å². The molecule has 5 aromatic rings. The number of fused-ring (bicyclic) bond motifs is 3. The zero-order valence-electron chi connectivity index (χ0n) is 15.4. The largest absolute Gasteiger partial charge is 0.227 e. The third kappa shape index (κ3) is 2.98. The van der Waals surface area contributed by atoms with Gasteiger partial charge < -0.3 is 0 Å². The molecule has 0 aliphatic carbocycles. The molecule has 0 bridgehead atoms. The van der Waals surface area contributed by atoms with Crippen LogP contribution in [-0.4, -0.2) is 9.97 Å². The number of nitrogens with zero attached hydrogens (tertiary/aromatic N) is 2. The first-order valence-corrected chi connectivity index (χ1v) is 10.0. The average Bonchev–Trinajstić information content (AvgIpc) is 2.74. The molecule has 134 valence electrons. The second kappa shape index (κ2) is 6.84. The molecule has 0 spiro atoms. The number of hydrogen-bond donors (Lipinski definition) is 0. The van der Waals surface area contributed by atoms with Crippen LogP contribution in [-0.2, 0) is 0 Å². The van der Waals surface area contributed by atoms with Crippen molar-refractivity contribution in [1.29, 1.82) is 0 Å². The SMILES string of the molecule is Cc1ccc(-c2nc(-c3ccc(Br)cc3)nc3c2ccc2ccccc23)cc1. The van der Waals surface area contributed by atoms with Crippen LogP contribution >= 0.6 is 15.9 Å². The molecule has 0 aliphatic rings. The van der Waals surface area contributed by atoms with Crippen LogP contribution in [0.15, 0.2) is 89.4 Å². The first-order chi connectivity index (χ1) is 13.7. The Morgan fingerprint density at radius 2 is 1.36 bits per heavy atom. The lowest BCUT2D eigenvalue weighted by Gasteiger charge is -2.12. The Hall–Kier alpha value is -3.04. The van der Waals surface area contributed by atoms with Crippen molar-refractivity contribution in [3.05, 3.63) is 95.0 Å². The first-order valence-electron chi connectivity index (χ1n) is 9.21. The lowest BCUT2D eigenvalue weighted by atomic mass is 10.0. The number of benzene rings is 4. The van der Waals surface area contributed by atoms with Crippen molar-refractivity contribution in [2.45, 2.75) is 6.92 Å². The number of hydrogen-bond acceptors (Lipinski definition) is 2. The molecular formula is C25H17BrN2. The Balaban J connectivity index is 1.87. The summed E-state index contributed by atoms with van der Waals surface area (Å²) < 4.78 is 1.04. The van der Waals surface area contributed by atoms with Crippen molar-refractivity contribution in [3.63, 3.8) is 0 Å². The fourth-order valence-corrected chi connectivity index (χ4v) is 3.79. The Morgan fingerprint density at radius 1 is 0.643 bits per heavy atom. The summed E-state index contributed by atoms with van der Waals surface area (Å²) >= 11 is 3.51. The Kier molecular flexibility index (Phi) is 4.18. The molecule has 1 heterocycles. The van der Waals surface area contributed by atoms with Crippen molar-refractivity contribution in [1.82, 2.24) is 9.97 Å². The maximum absolute atomic E-state index is 4.98. The maximum atomic E-state index is 4.98. The molecule has 0 fully saturated rings. The number of rotatable bonds is 2. The van der Waals surface area contributed by atoms with Crippen LogP contribution in [0.4, 0.5) is 0 Å². The molecule has 0 N–H and O–H groups in total. The summed E-state index contributed by atoms with van der Waals surface area (Å²) in [7, 11) is 0. The quantitative estimate of drug-likeness (QED) is 0.280. The van der Waals surface area contributed by atoms with Crippen molar-refractivity contribution in [2.75, 3.05) is 0 Å². The van der Waals surface area contributed by atoms with E-state index in [2.05, 4.69) is 95.7 Å². The zero-order chi connectivity index (χ0) is 19.1. The highest BCUT2D eigenvalue weighted by atomic mass is 79.9. The summed E-state index contributed by atoms with van der Waals surface area (Å²) in [6.07, 6.45) is 0. The highest BCUT2D eigenvalue weighted by Crippen LogP contribution is 2.33. The van der Waals surface area contributed by atoms with Gasteiger partial charge in [0.05, 0.1) is 11.2 Å². The smallest absolute Gasteiger partial charge is 0.160 e. The van der Waals surface area contributed by atoms with Crippen molar-refractivity contribution in [2.24, 2.45) is 0 Å². The van der Waals surface area contributed by atoms with Gasteiger partial charge in [0.2, 0.25) is 0 Å². The van der Waals surface area contributed by atoms with Gasteiger partial charge in [-0.15, -0.1) is 0 Å². The van der Waals surface area contributed by atoms with E-state index >= 15 is 0 Å². The highest BCUT2D eigenvalue weighted by Gasteiger charge is 2.13. The van der Waals surface area contributed by atoms with Crippen LogP contribution in [0.5, 0.6) is 0 Å². The Bertz CT molecular complexity index is 1310. The van der Waals surface area contributed by atoms with Gasteiger partial charge in [0.1, 0.15) is 0 Å². The van der Waals surface area contributed by atoms with Gasteiger partial charge in [-0.2, -0.15) is 0 Å². The minimum atomic E-state index is 0.743. The van der Waals surface area contributed by atoms with Gasteiger partial charge in [0, 0.05) is 26.4 Å². The monoisotopic (exact) mass is 424 g/mol. The Labute approximate surface area is 172 Å². The first kappa shape index (κ1) is 17.1. The topological polar surface area (TPSA) is 25.8 Å². The van der Waals surface area contributed by atoms with E-state index in [1.165, 1.54) is 10.9 Å². The summed E-state index contributed by atoms with van der Waals surface area (Å²) in [5, 5.41) is 3.41. The molecule has 0 radical (unpaired) electrons. The predicted molar refractivity (Wildman–Crippen MR) is 120 cm³/mol. The van der Waals surface area contributed by atoms with Gasteiger partial charge in [-0.05, 0) is 30.5 Å². The molecule has 0 aliphatic heterocycles. The number of halogens is 1. The third-order valence-electron chi connectivity index (χ3n) is 5.02. The summed E-state index contributed by atoms with van der Waals surface area (Å²) in [6, 6.07) is 29.4. The standard InChI is InChI=1S/C25H17BrN2/c1-16-6-8-18(9-7-16)23-22-15-12-17-4-2-3-5-21(17)24(22)28-25(27-23)19-10-13-20(26)14-11-19/h2-15H,1H3. The van der Waals surface area contributed by atoms with E-state index in [-0.39, 0.29) is 0 Å². The van der Waals surface area contributed by atoms with Gasteiger partial charge >= 0.3 is 0 Å². The molecule has 4 aromatic carbocycles. The van der Waals surface area contributed by atoms with Crippen LogP contribution in [0.25, 0.3) is 44.3 Å². The van der Waals surface area contributed by atoms with Crippen LogP contribution in [0.1, 0.15) is 5.56 Å². The van der Waals surface area contributed by atoms with Gasteiger partial charge in [-0.25, -0.2) is 9.97 Å². The molecule has 0 amide bonds. The van der Waals surface area contributed by atoms with E-state index in [1.54, 1.807) is 0 Å². The van der Waals surface area contributed by atoms with Crippen LogP contribution in [0.2, 0.25) is 0 Å². The van der Waals surface area contributed by atoms with E-state index in [0.717, 1.165) is 43.4 Å². The van der Waals surface area contributed by atoms with Gasteiger partial charge in [0.15, 0.2) is 5.82 Å². The van der Waals surface area contributed by atoms with Crippen molar-refractivity contribution < 1.29 is 0 Å². The van der Waals surface area contributed by atoms with Gasteiger partial charge in [0.25, 0.3) is 0 Å². The molecule has 0 saturated carbocycles. The molecule has 1 aromatic heterocycles. The second-order valence-corrected chi connectivity index (χ2v) is 7.87. The molecule has 3 heteroatoms. The van der Waals surface area contributed by atoms with Crippen LogP contribution in [0, 0.1) is 6.92 Å². The Morgan fingerprint density at radius 3 is 2.14 bits per heavy atom. The minimum Gasteiger partial charge on any atom is -0.227 e. The normalized spacial score (nSPS) is 11.2. The predicted octanol–water partition coefficient (Wildman–Crippen LogP) is 7.19. The van der Waals surface area contributed by atoms with Crippen LogP contribution in [0.3, 0.4) is 0 Å². The van der Waals surface area contributed by atoms with E-state index in [4.69, 9.17) is 9.97 Å². The molecule has 0 atom stereocenters. The lowest BCUT2D eigenvalue weighted by molar-refractivity contribution is 1.23. The summed E-state index contributed by atoms with van der Waals surface area (Å²) in [5.41, 5.74) is 5.30. The summed E-state index contributed by atoms with van der Waals surface area (Å²) in [4.78, 5) is 9.96. The summed E-state index contributed by atoms with van der Waals surface area (Å²) in [6.45, 7) is 2.10. The van der Waals surface area contributed by atoms with E-state index < -0.39 is 0 Å². The average molecular weight is 425 g/mol. The molecule has 2 nitrogen and oxygen atoms in total. The zero-order valence-corrected chi connectivity index (χ0v) is 16.9. The third-order valence-corrected chi connectivity index (χ3v) is 5.55. The van der Waals surface area contributed by atoms with Crippen molar-refractivity contribution >= 4 is 37.6 Å². The maximum Gasteiger partial charge on any atom is 0.160 e. The van der Waals surface area contributed by atoms with Gasteiger partial charge in [-0.3, -0.25) is 0 Å². The second-order valence-electron chi connectivity index (χ2n) is 6.95. The molecule has 5 rings (SSSR count). The number of aromatic nitrogens is 2. The fraction of sp³-hybridized carbons (Fsp3) is 0.0400. The molecule has 0 saturated heterocycles. The summed E-state index contributed by atoms with van der Waals surface area (Å²) in [5.74, 6) is 0.743. The van der Waals surface area contributed by atoms with E-state index in [1.807, 2.05) is 12.1 Å². The molecule has 28 heavy (non-hydrogen) atoms.